The second-order valence-electron chi connectivity index (χ2n) is 2.38. The lowest BCUT2D eigenvalue weighted by Crippen LogP contribution is -2.18. The molecule has 0 saturated carbocycles. The van der Waals surface area contributed by atoms with Crippen molar-refractivity contribution in [1.82, 2.24) is 0 Å². The fourth-order valence-corrected chi connectivity index (χ4v) is 0.837. The number of phenols is 1. The Bertz CT molecular complexity index is 391. The van der Waals surface area contributed by atoms with Crippen LogP contribution in [0.3, 0.4) is 0 Å². The Balaban J connectivity index is 3.25. The summed E-state index contributed by atoms with van der Waals surface area (Å²) in [7, 11) is 0. The van der Waals surface area contributed by atoms with Crippen molar-refractivity contribution in [3.05, 3.63) is 22.9 Å². The molecule has 0 unspecified atom stereocenters. The number of rotatable bonds is 2. The van der Waals surface area contributed by atoms with Crippen molar-refractivity contribution >= 4 is 5.69 Å². The molecule has 0 atom stereocenters. The molecule has 0 aliphatic rings. The number of aromatic hydroxyl groups is 1. The normalized spacial score (nSPS) is 11.2. The van der Waals surface area contributed by atoms with E-state index < -0.39 is 29.4 Å². The Kier molecular flexibility index (Phi) is 2.78. The van der Waals surface area contributed by atoms with Crippen LogP contribution in [0.1, 0.15) is 0 Å². The van der Waals surface area contributed by atoms with Gasteiger partial charge in [-0.1, -0.05) is 0 Å². The zero-order valence-corrected chi connectivity index (χ0v) is 6.88. The summed E-state index contributed by atoms with van der Waals surface area (Å²) < 4.78 is 51.3. The van der Waals surface area contributed by atoms with Crippen molar-refractivity contribution in [1.29, 1.82) is 0 Å². The van der Waals surface area contributed by atoms with Crippen LogP contribution >= 0.6 is 0 Å². The summed E-state index contributed by atoms with van der Waals surface area (Å²) in [6.45, 7) is 0. The minimum absolute atomic E-state index is 0.519. The molecule has 0 aliphatic carbocycles. The van der Waals surface area contributed by atoms with Crippen molar-refractivity contribution in [2.45, 2.75) is 6.36 Å². The molecule has 0 bridgehead atoms. The van der Waals surface area contributed by atoms with Crippen molar-refractivity contribution in [3.63, 3.8) is 0 Å². The summed E-state index contributed by atoms with van der Waals surface area (Å²) >= 11 is 0. The van der Waals surface area contributed by atoms with Crippen LogP contribution in [0.15, 0.2) is 17.3 Å². The quantitative estimate of drug-likeness (QED) is 0.621. The van der Waals surface area contributed by atoms with Crippen LogP contribution in [0, 0.1) is 10.7 Å². The van der Waals surface area contributed by atoms with Gasteiger partial charge in [-0.3, -0.25) is 0 Å². The molecule has 0 fully saturated rings. The van der Waals surface area contributed by atoms with Gasteiger partial charge >= 0.3 is 6.36 Å². The number of ether oxygens (including phenoxy) is 1. The number of nitrogens with zero attached hydrogens (tertiary/aromatic N) is 1. The van der Waals surface area contributed by atoms with E-state index in [-0.39, 0.29) is 0 Å². The zero-order valence-electron chi connectivity index (χ0n) is 6.88. The molecular weight excluding hydrogens is 222 g/mol. The maximum Gasteiger partial charge on any atom is 0.573 e. The first-order chi connectivity index (χ1) is 6.85. The summed E-state index contributed by atoms with van der Waals surface area (Å²) in [6, 6.07) is 1.21. The monoisotopic (exact) mass is 225 g/mol. The zero-order chi connectivity index (χ0) is 11.6. The first-order valence-corrected chi connectivity index (χ1v) is 3.45. The highest BCUT2D eigenvalue weighted by atomic mass is 19.4. The lowest BCUT2D eigenvalue weighted by molar-refractivity contribution is -0.275. The Morgan fingerprint density at radius 2 is 1.93 bits per heavy atom. The third-order valence-electron chi connectivity index (χ3n) is 1.37. The predicted molar refractivity (Wildman–Crippen MR) is 40.2 cm³/mol. The smallest absolute Gasteiger partial charge is 0.505 e. The second-order valence-corrected chi connectivity index (χ2v) is 2.38. The Morgan fingerprint density at radius 1 is 1.33 bits per heavy atom. The minimum atomic E-state index is -5.17. The molecule has 15 heavy (non-hydrogen) atoms. The van der Waals surface area contributed by atoms with Crippen molar-refractivity contribution in [2.24, 2.45) is 5.18 Å². The standard InChI is InChI=1S/C7H3F4NO3/c8-3-1-2-4(13)5(12-14)6(3)15-7(9,10)11/h1-2,13H. The van der Waals surface area contributed by atoms with Crippen LogP contribution in [-0.4, -0.2) is 11.5 Å². The van der Waals surface area contributed by atoms with Crippen LogP contribution in [0.4, 0.5) is 23.2 Å². The summed E-state index contributed by atoms with van der Waals surface area (Å²) in [5, 5.41) is 11.0. The van der Waals surface area contributed by atoms with Gasteiger partial charge in [0.1, 0.15) is 5.75 Å². The first-order valence-electron chi connectivity index (χ1n) is 3.45. The van der Waals surface area contributed by atoms with Crippen LogP contribution in [0.2, 0.25) is 0 Å². The number of hydrogen-bond acceptors (Lipinski definition) is 4. The molecule has 1 rings (SSSR count). The van der Waals surface area contributed by atoms with E-state index in [9.17, 15) is 22.5 Å². The molecule has 0 radical (unpaired) electrons. The highest BCUT2D eigenvalue weighted by molar-refractivity contribution is 5.61. The number of benzene rings is 1. The molecular formula is C7H3F4NO3. The maximum atomic E-state index is 12.8. The van der Waals surface area contributed by atoms with E-state index in [0.717, 1.165) is 0 Å². The van der Waals surface area contributed by atoms with Gasteiger partial charge in [-0.05, 0) is 17.3 Å². The summed E-state index contributed by atoms with van der Waals surface area (Å²) in [4.78, 5) is 10.1. The molecule has 0 aliphatic heterocycles. The molecule has 0 aromatic heterocycles. The Morgan fingerprint density at radius 3 is 2.40 bits per heavy atom. The van der Waals surface area contributed by atoms with Gasteiger partial charge in [-0.15, -0.1) is 18.1 Å². The second kappa shape index (κ2) is 3.71. The summed E-state index contributed by atoms with van der Waals surface area (Å²) in [6.07, 6.45) is -5.17. The van der Waals surface area contributed by atoms with E-state index in [4.69, 9.17) is 5.11 Å². The number of phenolic OH excluding ortho intramolecular Hbond substituents is 1. The molecule has 0 heterocycles. The fourth-order valence-electron chi connectivity index (χ4n) is 0.837. The van der Waals surface area contributed by atoms with Gasteiger partial charge in [0.25, 0.3) is 0 Å². The largest absolute Gasteiger partial charge is 0.573 e. The third kappa shape index (κ3) is 2.55. The lowest BCUT2D eigenvalue weighted by atomic mass is 10.2. The van der Waals surface area contributed by atoms with Gasteiger partial charge in [0.05, 0.1) is 0 Å². The maximum absolute atomic E-state index is 12.8. The molecule has 0 spiro atoms. The number of nitroso groups, excluding NO2 is 1. The van der Waals surface area contributed by atoms with Gasteiger partial charge in [0, 0.05) is 0 Å². The van der Waals surface area contributed by atoms with Crippen molar-refractivity contribution in [3.8, 4) is 11.5 Å². The molecule has 1 aromatic carbocycles. The van der Waals surface area contributed by atoms with E-state index in [0.29, 0.717) is 12.1 Å². The predicted octanol–water partition coefficient (Wildman–Crippen LogP) is 2.83. The van der Waals surface area contributed by atoms with Crippen molar-refractivity contribution < 1.29 is 27.4 Å². The third-order valence-corrected chi connectivity index (χ3v) is 1.37. The van der Waals surface area contributed by atoms with Gasteiger partial charge in [0.2, 0.25) is 0 Å². The average molecular weight is 225 g/mol. The van der Waals surface area contributed by atoms with Crippen molar-refractivity contribution in [2.75, 3.05) is 0 Å². The molecule has 1 N–H and O–H groups in total. The van der Waals surface area contributed by atoms with Crippen LogP contribution < -0.4 is 4.74 Å². The topological polar surface area (TPSA) is 58.9 Å². The average Bonchev–Trinajstić information content (AvgIpc) is 2.10. The van der Waals surface area contributed by atoms with Gasteiger partial charge in [-0.25, -0.2) is 4.39 Å². The Hall–Kier alpha value is -1.86. The molecule has 0 saturated heterocycles. The molecule has 4 nitrogen and oxygen atoms in total. The first kappa shape index (κ1) is 11.2. The molecule has 0 amide bonds. The number of hydrogen-bond donors (Lipinski definition) is 1. The van der Waals surface area contributed by atoms with E-state index in [2.05, 4.69) is 9.91 Å². The summed E-state index contributed by atoms with van der Waals surface area (Å²) in [5.41, 5.74) is -1.13. The fraction of sp³-hybridized carbons (Fsp3) is 0.143. The van der Waals surface area contributed by atoms with E-state index in [1.807, 2.05) is 0 Å². The number of alkyl halides is 3. The van der Waals surface area contributed by atoms with Gasteiger partial charge < -0.3 is 9.84 Å². The molecule has 8 heteroatoms. The highest BCUT2D eigenvalue weighted by Gasteiger charge is 2.34. The number of halogens is 4. The highest BCUT2D eigenvalue weighted by Crippen LogP contribution is 2.40. The molecule has 1 aromatic rings. The molecule has 82 valence electrons. The Labute approximate surface area is 80.1 Å². The summed E-state index contributed by atoms with van der Waals surface area (Å²) in [5.74, 6) is -3.79. The lowest BCUT2D eigenvalue weighted by Gasteiger charge is -2.11. The van der Waals surface area contributed by atoms with Crippen LogP contribution in [0.25, 0.3) is 0 Å². The van der Waals surface area contributed by atoms with E-state index in [1.165, 1.54) is 0 Å². The van der Waals surface area contributed by atoms with Gasteiger partial charge in [0.15, 0.2) is 17.3 Å². The minimum Gasteiger partial charge on any atom is -0.505 e. The van der Waals surface area contributed by atoms with Crippen LogP contribution in [-0.2, 0) is 0 Å². The van der Waals surface area contributed by atoms with E-state index >= 15 is 0 Å². The van der Waals surface area contributed by atoms with Crippen LogP contribution in [0.5, 0.6) is 11.5 Å². The SMILES string of the molecule is O=Nc1c(O)ccc(F)c1OC(F)(F)F. The van der Waals surface area contributed by atoms with Gasteiger partial charge in [-0.2, -0.15) is 0 Å². The van der Waals surface area contributed by atoms with E-state index in [1.54, 1.807) is 0 Å².